The van der Waals surface area contributed by atoms with Gasteiger partial charge in [0.25, 0.3) is 5.91 Å². The highest BCUT2D eigenvalue weighted by Crippen LogP contribution is 2.27. The second kappa shape index (κ2) is 9.96. The van der Waals surface area contributed by atoms with Gasteiger partial charge in [-0.3, -0.25) is 9.69 Å². The fourth-order valence-electron chi connectivity index (χ4n) is 4.77. The minimum atomic E-state index is -0.374. The summed E-state index contributed by atoms with van der Waals surface area (Å²) >= 11 is 0. The van der Waals surface area contributed by atoms with E-state index in [1.807, 2.05) is 12.1 Å². The molecule has 2 heterocycles. The Bertz CT molecular complexity index is 1360. The summed E-state index contributed by atoms with van der Waals surface area (Å²) in [4.78, 5) is 20.6. The lowest BCUT2D eigenvalue weighted by atomic mass is 9.99. The molecule has 0 saturated carbocycles. The van der Waals surface area contributed by atoms with Crippen LogP contribution in [0, 0.1) is 19.7 Å². The summed E-state index contributed by atoms with van der Waals surface area (Å²) in [5.41, 5.74) is 6.42. The molecule has 0 atom stereocenters. The van der Waals surface area contributed by atoms with Crippen LogP contribution in [0.15, 0.2) is 72.8 Å². The van der Waals surface area contributed by atoms with Gasteiger partial charge in [-0.25, -0.2) is 9.37 Å². The largest absolute Gasteiger partial charge is 0.349 e. The molecular formula is C30H30FN3O. The van der Waals surface area contributed by atoms with Crippen LogP contribution in [0.1, 0.15) is 39.9 Å². The molecule has 1 aliphatic heterocycles. The smallest absolute Gasteiger partial charge is 0.252 e. The summed E-state index contributed by atoms with van der Waals surface area (Å²) in [6, 6.07) is 23.0. The van der Waals surface area contributed by atoms with Crippen LogP contribution >= 0.6 is 0 Å². The number of aryl methyl sites for hydroxylation is 2. The standard InChI is InChI=1S/C30H30FN3O/c1-20-8-9-23(16-21(20)2)29-18-27(26-17-24(31)10-11-28(26)33-29)30(35)32-25-12-14-34(15-13-25)19-22-6-4-3-5-7-22/h3-11,16-18,25H,12-15,19H2,1-2H3,(H,32,35). The van der Waals surface area contributed by atoms with E-state index in [1.54, 1.807) is 12.1 Å². The van der Waals surface area contributed by atoms with Gasteiger partial charge in [0.05, 0.1) is 16.8 Å². The van der Waals surface area contributed by atoms with E-state index in [9.17, 15) is 9.18 Å². The number of benzene rings is 3. The van der Waals surface area contributed by atoms with Gasteiger partial charge in [0, 0.05) is 36.6 Å². The summed E-state index contributed by atoms with van der Waals surface area (Å²) < 4.78 is 14.1. The van der Waals surface area contributed by atoms with E-state index >= 15 is 0 Å². The third kappa shape index (κ3) is 5.25. The van der Waals surface area contributed by atoms with E-state index in [0.717, 1.165) is 49.3 Å². The summed E-state index contributed by atoms with van der Waals surface area (Å²) in [5, 5.41) is 3.75. The molecule has 35 heavy (non-hydrogen) atoms. The zero-order valence-electron chi connectivity index (χ0n) is 20.2. The van der Waals surface area contributed by atoms with E-state index in [2.05, 4.69) is 60.5 Å². The third-order valence-electron chi connectivity index (χ3n) is 6.99. The molecule has 1 amide bonds. The van der Waals surface area contributed by atoms with Gasteiger partial charge in [-0.2, -0.15) is 0 Å². The number of fused-ring (bicyclic) bond motifs is 1. The highest BCUT2D eigenvalue weighted by molar-refractivity contribution is 6.07. The van der Waals surface area contributed by atoms with Crippen molar-refractivity contribution in [3.63, 3.8) is 0 Å². The monoisotopic (exact) mass is 467 g/mol. The number of halogens is 1. The summed E-state index contributed by atoms with van der Waals surface area (Å²) in [7, 11) is 0. The highest BCUT2D eigenvalue weighted by atomic mass is 19.1. The number of hydrogen-bond donors (Lipinski definition) is 1. The number of aromatic nitrogens is 1. The maximum absolute atomic E-state index is 14.1. The van der Waals surface area contributed by atoms with Gasteiger partial charge in [-0.05, 0) is 73.7 Å². The molecule has 4 aromatic rings. The van der Waals surface area contributed by atoms with Crippen molar-refractivity contribution in [1.29, 1.82) is 0 Å². The second-order valence-electron chi connectivity index (χ2n) is 9.53. The van der Waals surface area contributed by atoms with Crippen LogP contribution in [0.5, 0.6) is 0 Å². The van der Waals surface area contributed by atoms with E-state index < -0.39 is 0 Å². The van der Waals surface area contributed by atoms with Crippen molar-refractivity contribution >= 4 is 16.8 Å². The molecule has 1 fully saturated rings. The van der Waals surface area contributed by atoms with E-state index in [1.165, 1.54) is 23.3 Å². The number of piperidine rings is 1. The van der Waals surface area contributed by atoms with Crippen LogP contribution < -0.4 is 5.32 Å². The number of carbonyl (C=O) groups is 1. The van der Waals surface area contributed by atoms with E-state index in [4.69, 9.17) is 4.98 Å². The van der Waals surface area contributed by atoms with Gasteiger partial charge in [-0.15, -0.1) is 0 Å². The average molecular weight is 468 g/mol. The summed E-state index contributed by atoms with van der Waals surface area (Å²) in [5.74, 6) is -0.545. The molecular weight excluding hydrogens is 437 g/mol. The molecule has 0 radical (unpaired) electrons. The Morgan fingerprint density at radius 2 is 1.74 bits per heavy atom. The first-order valence-electron chi connectivity index (χ1n) is 12.2. The Kier molecular flexibility index (Phi) is 6.60. The number of carbonyl (C=O) groups excluding carboxylic acids is 1. The van der Waals surface area contributed by atoms with Gasteiger partial charge >= 0.3 is 0 Å². The minimum Gasteiger partial charge on any atom is -0.349 e. The van der Waals surface area contributed by atoms with Crippen molar-refractivity contribution in [1.82, 2.24) is 15.2 Å². The molecule has 3 aromatic carbocycles. The SMILES string of the molecule is Cc1ccc(-c2cc(C(=O)NC3CCN(Cc4ccccc4)CC3)c3cc(F)ccc3n2)cc1C. The number of hydrogen-bond acceptors (Lipinski definition) is 3. The second-order valence-corrected chi connectivity index (χ2v) is 9.53. The van der Waals surface area contributed by atoms with Gasteiger partial charge < -0.3 is 5.32 Å². The first kappa shape index (κ1) is 23.2. The lowest BCUT2D eigenvalue weighted by molar-refractivity contribution is 0.0910. The van der Waals surface area contributed by atoms with Crippen molar-refractivity contribution in [2.45, 2.75) is 39.3 Å². The maximum Gasteiger partial charge on any atom is 0.252 e. The predicted molar refractivity (Wildman–Crippen MR) is 139 cm³/mol. The molecule has 0 aliphatic carbocycles. The van der Waals surface area contributed by atoms with Crippen molar-refractivity contribution < 1.29 is 9.18 Å². The Labute approximate surface area is 205 Å². The number of likely N-dealkylation sites (tertiary alicyclic amines) is 1. The molecule has 0 unspecified atom stereocenters. The lowest BCUT2D eigenvalue weighted by Crippen LogP contribution is -2.44. The van der Waals surface area contributed by atoms with Gasteiger partial charge in [-0.1, -0.05) is 42.5 Å². The Balaban J connectivity index is 1.36. The Morgan fingerprint density at radius 3 is 2.49 bits per heavy atom. The first-order valence-corrected chi connectivity index (χ1v) is 12.2. The van der Waals surface area contributed by atoms with E-state index in [-0.39, 0.29) is 17.8 Å². The topological polar surface area (TPSA) is 45.2 Å². The fourth-order valence-corrected chi connectivity index (χ4v) is 4.77. The number of nitrogens with one attached hydrogen (secondary N) is 1. The molecule has 5 rings (SSSR count). The van der Waals surface area contributed by atoms with Gasteiger partial charge in [0.15, 0.2) is 0 Å². The number of amides is 1. The molecule has 0 spiro atoms. The molecule has 0 bridgehead atoms. The molecule has 1 saturated heterocycles. The van der Waals surface area contributed by atoms with Crippen LogP contribution in [0.4, 0.5) is 4.39 Å². The van der Waals surface area contributed by atoms with Crippen molar-refractivity contribution in [2.24, 2.45) is 0 Å². The van der Waals surface area contributed by atoms with Crippen molar-refractivity contribution in [3.8, 4) is 11.3 Å². The summed E-state index contributed by atoms with van der Waals surface area (Å²) in [6.07, 6.45) is 1.78. The van der Waals surface area contributed by atoms with Crippen LogP contribution in [0.3, 0.4) is 0 Å². The zero-order chi connectivity index (χ0) is 24.4. The van der Waals surface area contributed by atoms with Crippen LogP contribution in [0.25, 0.3) is 22.2 Å². The molecule has 1 aliphatic rings. The predicted octanol–water partition coefficient (Wildman–Crippen LogP) is 6.05. The molecule has 5 heteroatoms. The maximum atomic E-state index is 14.1. The molecule has 4 nitrogen and oxygen atoms in total. The molecule has 178 valence electrons. The number of pyridine rings is 1. The van der Waals surface area contributed by atoms with Crippen molar-refractivity contribution in [2.75, 3.05) is 13.1 Å². The lowest BCUT2D eigenvalue weighted by Gasteiger charge is -2.32. The third-order valence-corrected chi connectivity index (χ3v) is 6.99. The van der Waals surface area contributed by atoms with Crippen LogP contribution in [-0.2, 0) is 6.54 Å². The zero-order valence-corrected chi connectivity index (χ0v) is 20.2. The minimum absolute atomic E-state index is 0.0939. The summed E-state index contributed by atoms with van der Waals surface area (Å²) in [6.45, 7) is 6.92. The normalized spacial score (nSPS) is 14.8. The van der Waals surface area contributed by atoms with Gasteiger partial charge in [0.1, 0.15) is 5.82 Å². The number of rotatable bonds is 5. The quantitative estimate of drug-likeness (QED) is 0.389. The Morgan fingerprint density at radius 1 is 0.971 bits per heavy atom. The van der Waals surface area contributed by atoms with Crippen molar-refractivity contribution in [3.05, 3.63) is 101 Å². The average Bonchev–Trinajstić information content (AvgIpc) is 2.87. The van der Waals surface area contributed by atoms with Crippen LogP contribution in [-0.4, -0.2) is 34.9 Å². The number of nitrogens with zero attached hydrogens (tertiary/aromatic N) is 2. The Hall–Kier alpha value is -3.57. The first-order chi connectivity index (χ1) is 17.0. The molecule has 1 N–H and O–H groups in total. The van der Waals surface area contributed by atoms with Gasteiger partial charge in [0.2, 0.25) is 0 Å². The van der Waals surface area contributed by atoms with Crippen LogP contribution in [0.2, 0.25) is 0 Å². The fraction of sp³-hybridized carbons (Fsp3) is 0.267. The van der Waals surface area contributed by atoms with E-state index in [0.29, 0.717) is 16.5 Å². The highest BCUT2D eigenvalue weighted by Gasteiger charge is 2.23. The molecule has 1 aromatic heterocycles.